The van der Waals surface area contributed by atoms with Crippen LogP contribution >= 0.6 is 15.9 Å². The first kappa shape index (κ1) is 26.7. The van der Waals surface area contributed by atoms with Crippen molar-refractivity contribution in [1.29, 1.82) is 0 Å². The SMILES string of the molecule is O=C1c2cc([N+](=O)[O-])cc(Br)c2-c2c1cc([N+](=O)[O-])cc2[N+](=O)[O-].c1ccc2cc3cc4ccccc4cc3cc2c1. The number of non-ortho nitro benzene ring substituents is 2. The van der Waals surface area contributed by atoms with E-state index in [1.165, 1.54) is 32.3 Å². The molecular weight excluding hydrogens is 606 g/mol. The smallest absolute Gasteiger partial charge is 0.284 e. The van der Waals surface area contributed by atoms with Gasteiger partial charge < -0.3 is 0 Å². The molecule has 1 aliphatic rings. The van der Waals surface area contributed by atoms with E-state index in [0.29, 0.717) is 0 Å². The van der Waals surface area contributed by atoms with Crippen LogP contribution in [0.3, 0.4) is 0 Å². The maximum Gasteiger partial charge on any atom is 0.284 e. The number of hydrogen-bond donors (Lipinski definition) is 0. The lowest BCUT2D eigenvalue weighted by molar-refractivity contribution is -0.393. The highest BCUT2D eigenvalue weighted by atomic mass is 79.9. The molecule has 0 atom stereocenters. The molecule has 11 heteroatoms. The summed E-state index contributed by atoms with van der Waals surface area (Å²) in [5.74, 6) is -0.740. The lowest BCUT2D eigenvalue weighted by Gasteiger charge is -2.04. The summed E-state index contributed by atoms with van der Waals surface area (Å²) < 4.78 is 0.121. The second-order valence-electron chi connectivity index (χ2n) is 9.58. The Bertz CT molecular complexity index is 2030. The number of hydrogen-bond acceptors (Lipinski definition) is 7. The average Bonchev–Trinajstić information content (AvgIpc) is 3.26. The molecule has 0 saturated carbocycles. The van der Waals surface area contributed by atoms with Crippen molar-refractivity contribution >= 4 is 71.1 Å². The fourth-order valence-electron chi connectivity index (χ4n) is 5.21. The maximum absolute atomic E-state index is 12.5. The van der Waals surface area contributed by atoms with Gasteiger partial charge in [0.1, 0.15) is 0 Å². The quantitative estimate of drug-likeness (QED) is 0.109. The van der Waals surface area contributed by atoms with Gasteiger partial charge >= 0.3 is 0 Å². The van der Waals surface area contributed by atoms with Crippen LogP contribution in [0.2, 0.25) is 0 Å². The van der Waals surface area contributed by atoms with Gasteiger partial charge in [-0.1, -0.05) is 48.5 Å². The molecule has 0 unspecified atom stereocenters. The third kappa shape index (κ3) is 4.51. The summed E-state index contributed by atoms with van der Waals surface area (Å²) in [5, 5.41) is 41.0. The second kappa shape index (κ2) is 10.1. The molecule has 1 aliphatic carbocycles. The van der Waals surface area contributed by atoms with Gasteiger partial charge in [-0.05, 0) is 72.5 Å². The molecule has 0 fully saturated rings. The van der Waals surface area contributed by atoms with Crippen LogP contribution in [-0.4, -0.2) is 20.6 Å². The highest BCUT2D eigenvalue weighted by Crippen LogP contribution is 2.48. The van der Waals surface area contributed by atoms with E-state index >= 15 is 0 Å². The fraction of sp³-hybridized carbons (Fsp3) is 0. The number of nitro groups is 3. The minimum absolute atomic E-state index is 0.0904. The van der Waals surface area contributed by atoms with Crippen LogP contribution in [-0.2, 0) is 0 Å². The molecule has 0 radical (unpaired) electrons. The molecule has 204 valence electrons. The molecular formula is C31H16BrN3O7. The number of carbonyl (C=O) groups excluding carboxylic acids is 1. The number of nitrogens with zero attached hydrogens (tertiary/aromatic N) is 3. The number of ketones is 1. The number of fused-ring (bicyclic) bond motifs is 6. The van der Waals surface area contributed by atoms with Crippen molar-refractivity contribution in [2.24, 2.45) is 0 Å². The highest BCUT2D eigenvalue weighted by molar-refractivity contribution is 9.10. The molecule has 0 saturated heterocycles. The number of nitro benzene ring substituents is 3. The fourth-order valence-corrected chi connectivity index (χ4v) is 5.86. The van der Waals surface area contributed by atoms with Crippen LogP contribution in [0.4, 0.5) is 17.1 Å². The standard InChI is InChI=1S/C18H12.C13H4BrN3O7/c1-2-6-14-10-18-12-16-8-4-3-7-15(16)11-17(18)9-13(14)5-1;14-9-3-5(15(19)20)1-7-11(9)12-8(13(7)18)2-6(16(21)22)4-10(12)17(23)24/h1-12H;1-4H. The number of carbonyl (C=O) groups is 1. The summed E-state index contributed by atoms with van der Waals surface area (Å²) in [4.78, 5) is 43.2. The summed E-state index contributed by atoms with van der Waals surface area (Å²) in [6.07, 6.45) is 0. The molecule has 6 aromatic carbocycles. The molecule has 0 aliphatic heterocycles. The Kier molecular flexibility index (Phi) is 6.43. The first-order valence-electron chi connectivity index (χ1n) is 12.4. The van der Waals surface area contributed by atoms with E-state index in [-0.39, 0.29) is 32.4 Å². The minimum Gasteiger partial charge on any atom is -0.289 e. The van der Waals surface area contributed by atoms with E-state index in [1.807, 2.05) is 0 Å². The zero-order valence-electron chi connectivity index (χ0n) is 21.3. The molecule has 6 aromatic rings. The third-order valence-corrected chi connectivity index (χ3v) is 7.73. The summed E-state index contributed by atoms with van der Waals surface area (Å²) in [7, 11) is 0. The molecule has 0 amide bonds. The lowest BCUT2D eigenvalue weighted by Crippen LogP contribution is -2.00. The summed E-state index contributed by atoms with van der Waals surface area (Å²) in [6, 6.07) is 30.0. The van der Waals surface area contributed by atoms with Gasteiger partial charge in [-0.2, -0.15) is 0 Å². The molecule has 42 heavy (non-hydrogen) atoms. The van der Waals surface area contributed by atoms with Crippen LogP contribution in [0.25, 0.3) is 43.4 Å². The van der Waals surface area contributed by atoms with Gasteiger partial charge in [0.05, 0.1) is 26.4 Å². The minimum atomic E-state index is -0.846. The Morgan fingerprint density at radius 3 is 1.31 bits per heavy atom. The Balaban J connectivity index is 0.000000156. The third-order valence-electron chi connectivity index (χ3n) is 7.10. The van der Waals surface area contributed by atoms with E-state index in [2.05, 4.69) is 88.7 Å². The summed E-state index contributed by atoms with van der Waals surface area (Å²) in [5.41, 5.74) is -1.91. The van der Waals surface area contributed by atoms with Crippen molar-refractivity contribution in [2.45, 2.75) is 0 Å². The van der Waals surface area contributed by atoms with E-state index in [4.69, 9.17) is 0 Å². The van der Waals surface area contributed by atoms with Crippen molar-refractivity contribution in [3.05, 3.63) is 143 Å². The Hall–Kier alpha value is -5.55. The second-order valence-corrected chi connectivity index (χ2v) is 10.4. The molecule has 0 bridgehead atoms. The van der Waals surface area contributed by atoms with Gasteiger partial charge in [-0.25, -0.2) is 0 Å². The van der Waals surface area contributed by atoms with Crippen molar-refractivity contribution < 1.29 is 19.6 Å². The average molecular weight is 622 g/mol. The van der Waals surface area contributed by atoms with Crippen molar-refractivity contribution in [2.75, 3.05) is 0 Å². The molecule has 10 nitrogen and oxygen atoms in total. The van der Waals surface area contributed by atoms with Gasteiger partial charge in [0.2, 0.25) is 0 Å². The Labute approximate surface area is 244 Å². The predicted octanol–water partition coefficient (Wildman–Crippen LogP) is 8.53. The van der Waals surface area contributed by atoms with Gasteiger partial charge in [0, 0.05) is 39.4 Å². The lowest BCUT2D eigenvalue weighted by atomic mass is 10.00. The first-order chi connectivity index (χ1) is 20.1. The topological polar surface area (TPSA) is 146 Å². The normalized spacial score (nSPS) is 11.6. The van der Waals surface area contributed by atoms with Gasteiger partial charge in [-0.15, -0.1) is 0 Å². The molecule has 0 spiro atoms. The van der Waals surface area contributed by atoms with Gasteiger partial charge in [0.15, 0.2) is 5.78 Å². The Morgan fingerprint density at radius 2 is 0.905 bits per heavy atom. The first-order valence-corrected chi connectivity index (χ1v) is 13.2. The van der Waals surface area contributed by atoms with E-state index in [9.17, 15) is 35.1 Å². The van der Waals surface area contributed by atoms with Crippen molar-refractivity contribution in [3.8, 4) is 11.1 Å². The molecule has 0 aromatic heterocycles. The molecule has 0 heterocycles. The highest BCUT2D eigenvalue weighted by Gasteiger charge is 2.38. The monoisotopic (exact) mass is 621 g/mol. The Morgan fingerprint density at radius 1 is 0.500 bits per heavy atom. The van der Waals surface area contributed by atoms with E-state index in [1.54, 1.807) is 0 Å². The van der Waals surface area contributed by atoms with Gasteiger partial charge in [-0.3, -0.25) is 35.1 Å². The van der Waals surface area contributed by atoms with Crippen LogP contribution in [0.5, 0.6) is 0 Å². The zero-order chi connectivity index (χ0) is 29.7. The predicted molar refractivity (Wildman–Crippen MR) is 162 cm³/mol. The van der Waals surface area contributed by atoms with Crippen molar-refractivity contribution in [1.82, 2.24) is 0 Å². The van der Waals surface area contributed by atoms with Crippen LogP contribution in [0, 0.1) is 30.3 Å². The number of rotatable bonds is 3. The maximum atomic E-state index is 12.5. The number of benzene rings is 6. The van der Waals surface area contributed by atoms with Crippen LogP contribution < -0.4 is 0 Å². The number of halogens is 1. The molecule has 0 N–H and O–H groups in total. The zero-order valence-corrected chi connectivity index (χ0v) is 22.9. The van der Waals surface area contributed by atoms with E-state index < -0.39 is 31.9 Å². The molecule has 7 rings (SSSR count). The van der Waals surface area contributed by atoms with Crippen LogP contribution in [0.15, 0.2) is 102 Å². The van der Waals surface area contributed by atoms with E-state index in [0.717, 1.165) is 24.3 Å². The van der Waals surface area contributed by atoms with Crippen molar-refractivity contribution in [3.63, 3.8) is 0 Å². The van der Waals surface area contributed by atoms with Gasteiger partial charge in [0.25, 0.3) is 17.1 Å². The van der Waals surface area contributed by atoms with Crippen LogP contribution in [0.1, 0.15) is 15.9 Å². The summed E-state index contributed by atoms with van der Waals surface area (Å²) in [6.45, 7) is 0. The summed E-state index contributed by atoms with van der Waals surface area (Å²) >= 11 is 3.08. The largest absolute Gasteiger partial charge is 0.289 e.